The maximum atomic E-state index is 12.6. The molecule has 2 aliphatic rings. The summed E-state index contributed by atoms with van der Waals surface area (Å²) in [6, 6.07) is 2.19. The van der Waals surface area contributed by atoms with Crippen LogP contribution in [0.3, 0.4) is 0 Å². The van der Waals surface area contributed by atoms with Crippen LogP contribution in [0.15, 0.2) is 16.8 Å². The summed E-state index contributed by atoms with van der Waals surface area (Å²) >= 11 is 1.74. The van der Waals surface area contributed by atoms with Crippen LogP contribution in [0.1, 0.15) is 50.0 Å². The molecule has 1 aliphatic carbocycles. The van der Waals surface area contributed by atoms with Gasteiger partial charge in [-0.05, 0) is 66.8 Å². The maximum Gasteiger partial charge on any atom is 0.306 e. The van der Waals surface area contributed by atoms with Gasteiger partial charge in [0.05, 0.1) is 5.92 Å². The number of carbonyl (C=O) groups excluding carboxylic acids is 1. The van der Waals surface area contributed by atoms with Crippen molar-refractivity contribution in [3.8, 4) is 0 Å². The summed E-state index contributed by atoms with van der Waals surface area (Å²) in [4.78, 5) is 25.6. The van der Waals surface area contributed by atoms with E-state index < -0.39 is 5.97 Å². The van der Waals surface area contributed by atoms with Gasteiger partial charge in [0.2, 0.25) is 5.91 Å². The van der Waals surface area contributed by atoms with E-state index in [1.807, 2.05) is 4.90 Å². The second kappa shape index (κ2) is 6.82. The highest BCUT2D eigenvalue weighted by atomic mass is 32.1. The summed E-state index contributed by atoms with van der Waals surface area (Å²) in [6.07, 6.45) is 4.87. The third-order valence-electron chi connectivity index (χ3n) is 5.25. The van der Waals surface area contributed by atoms with Gasteiger partial charge in [0.25, 0.3) is 0 Å². The molecular formula is C17H23NO3S. The van der Waals surface area contributed by atoms with Crippen LogP contribution in [0.4, 0.5) is 0 Å². The molecule has 0 unspecified atom stereocenters. The monoisotopic (exact) mass is 321 g/mol. The van der Waals surface area contributed by atoms with E-state index in [0.717, 1.165) is 38.8 Å². The van der Waals surface area contributed by atoms with Crippen molar-refractivity contribution in [2.24, 2.45) is 11.8 Å². The quantitative estimate of drug-likeness (QED) is 0.929. The first-order chi connectivity index (χ1) is 10.6. The van der Waals surface area contributed by atoms with Crippen LogP contribution in [0.5, 0.6) is 0 Å². The number of amides is 1. The van der Waals surface area contributed by atoms with Crippen molar-refractivity contribution in [3.63, 3.8) is 0 Å². The molecule has 1 aromatic rings. The highest BCUT2D eigenvalue weighted by Gasteiger charge is 2.33. The van der Waals surface area contributed by atoms with Crippen molar-refractivity contribution >= 4 is 23.2 Å². The van der Waals surface area contributed by atoms with Gasteiger partial charge in [-0.2, -0.15) is 11.3 Å². The number of nitrogens with zero attached hydrogens (tertiary/aromatic N) is 1. The summed E-state index contributed by atoms with van der Waals surface area (Å²) < 4.78 is 0. The lowest BCUT2D eigenvalue weighted by Crippen LogP contribution is -2.42. The van der Waals surface area contributed by atoms with Crippen LogP contribution in [-0.2, 0) is 9.59 Å². The minimum Gasteiger partial charge on any atom is -0.481 e. The number of carboxylic acid groups (broad SMARTS) is 1. The molecule has 0 bridgehead atoms. The number of hydrogen-bond acceptors (Lipinski definition) is 3. The molecule has 1 aromatic heterocycles. The summed E-state index contributed by atoms with van der Waals surface area (Å²) in [6.45, 7) is 1.69. The summed E-state index contributed by atoms with van der Waals surface area (Å²) in [5, 5.41) is 13.4. The van der Waals surface area contributed by atoms with Crippen LogP contribution < -0.4 is 0 Å². The van der Waals surface area contributed by atoms with Gasteiger partial charge >= 0.3 is 5.97 Å². The van der Waals surface area contributed by atoms with Crippen molar-refractivity contribution in [3.05, 3.63) is 22.4 Å². The largest absolute Gasteiger partial charge is 0.481 e. The Labute approximate surface area is 135 Å². The zero-order chi connectivity index (χ0) is 15.5. The van der Waals surface area contributed by atoms with Crippen LogP contribution in [0, 0.1) is 11.8 Å². The minimum atomic E-state index is -0.706. The molecule has 2 fully saturated rings. The van der Waals surface area contributed by atoms with Gasteiger partial charge in [0, 0.05) is 19.0 Å². The average molecular weight is 321 g/mol. The highest BCUT2D eigenvalue weighted by Crippen LogP contribution is 2.33. The zero-order valence-electron chi connectivity index (χ0n) is 12.7. The van der Waals surface area contributed by atoms with Gasteiger partial charge in [0.1, 0.15) is 0 Å². The first-order valence-corrected chi connectivity index (χ1v) is 9.13. The first kappa shape index (κ1) is 15.5. The SMILES string of the molecule is O=C(O)C1CCC(C(=O)N2CCC(c3ccsc3)CC2)CC1. The van der Waals surface area contributed by atoms with Crippen LogP contribution >= 0.6 is 11.3 Å². The molecule has 2 heterocycles. The topological polar surface area (TPSA) is 57.6 Å². The number of carboxylic acids is 1. The molecule has 5 heteroatoms. The van der Waals surface area contributed by atoms with Crippen molar-refractivity contribution in [2.75, 3.05) is 13.1 Å². The van der Waals surface area contributed by atoms with Gasteiger partial charge in [0.15, 0.2) is 0 Å². The second-order valence-corrected chi connectivity index (χ2v) is 7.32. The highest BCUT2D eigenvalue weighted by molar-refractivity contribution is 7.07. The number of rotatable bonds is 3. The predicted octanol–water partition coefficient (Wildman–Crippen LogP) is 3.35. The number of hydrogen-bond donors (Lipinski definition) is 1. The standard InChI is InChI=1S/C17H23NO3S/c19-16(13-1-3-14(4-2-13)17(20)21)18-8-5-12(6-9-18)15-7-10-22-11-15/h7,10-14H,1-6,8-9H2,(H,20,21). The molecule has 1 saturated carbocycles. The normalized spacial score (nSPS) is 26.8. The summed E-state index contributed by atoms with van der Waals surface area (Å²) in [5.41, 5.74) is 1.42. The molecule has 120 valence electrons. The van der Waals surface area contributed by atoms with E-state index in [9.17, 15) is 9.59 Å². The molecule has 22 heavy (non-hydrogen) atoms. The molecular weight excluding hydrogens is 298 g/mol. The van der Waals surface area contributed by atoms with Gasteiger partial charge in [-0.3, -0.25) is 9.59 Å². The zero-order valence-corrected chi connectivity index (χ0v) is 13.6. The third-order valence-corrected chi connectivity index (χ3v) is 5.95. The number of thiophene rings is 1. The predicted molar refractivity (Wildman–Crippen MR) is 86.0 cm³/mol. The summed E-state index contributed by atoms with van der Waals surface area (Å²) in [5.74, 6) is -0.0465. The number of aliphatic carboxylic acids is 1. The van der Waals surface area contributed by atoms with Crippen LogP contribution in [-0.4, -0.2) is 35.0 Å². The van der Waals surface area contributed by atoms with E-state index >= 15 is 0 Å². The van der Waals surface area contributed by atoms with E-state index in [0.29, 0.717) is 18.8 Å². The average Bonchev–Trinajstić information content (AvgIpc) is 3.09. The Morgan fingerprint density at radius 2 is 1.68 bits per heavy atom. The Balaban J connectivity index is 1.49. The first-order valence-electron chi connectivity index (χ1n) is 8.19. The van der Waals surface area contributed by atoms with Crippen LogP contribution in [0.25, 0.3) is 0 Å². The fourth-order valence-electron chi connectivity index (χ4n) is 3.79. The lowest BCUT2D eigenvalue weighted by Gasteiger charge is -2.35. The molecule has 1 N–H and O–H groups in total. The maximum absolute atomic E-state index is 12.6. The fraction of sp³-hybridized carbons (Fsp3) is 0.647. The minimum absolute atomic E-state index is 0.0493. The van der Waals surface area contributed by atoms with Gasteiger partial charge in [-0.1, -0.05) is 0 Å². The Bertz CT molecular complexity index is 512. The van der Waals surface area contributed by atoms with Crippen molar-refractivity contribution in [1.82, 2.24) is 4.90 Å². The van der Waals surface area contributed by atoms with Crippen molar-refractivity contribution in [1.29, 1.82) is 0 Å². The smallest absolute Gasteiger partial charge is 0.306 e. The van der Waals surface area contributed by atoms with Crippen molar-refractivity contribution < 1.29 is 14.7 Å². The lowest BCUT2D eigenvalue weighted by molar-refractivity contribution is -0.146. The fourth-order valence-corrected chi connectivity index (χ4v) is 4.53. The second-order valence-electron chi connectivity index (χ2n) is 6.54. The van der Waals surface area contributed by atoms with E-state index in [-0.39, 0.29) is 17.7 Å². The van der Waals surface area contributed by atoms with Gasteiger partial charge < -0.3 is 10.0 Å². The molecule has 0 radical (unpaired) electrons. The Morgan fingerprint density at radius 1 is 1.05 bits per heavy atom. The molecule has 1 amide bonds. The van der Waals surface area contributed by atoms with Gasteiger partial charge in [-0.25, -0.2) is 0 Å². The van der Waals surface area contributed by atoms with E-state index in [1.54, 1.807) is 11.3 Å². The molecule has 3 rings (SSSR count). The van der Waals surface area contributed by atoms with E-state index in [2.05, 4.69) is 16.8 Å². The molecule has 0 atom stereocenters. The van der Waals surface area contributed by atoms with E-state index in [4.69, 9.17) is 5.11 Å². The number of likely N-dealkylation sites (tertiary alicyclic amines) is 1. The van der Waals surface area contributed by atoms with Gasteiger partial charge in [-0.15, -0.1) is 0 Å². The molecule has 1 aliphatic heterocycles. The van der Waals surface area contributed by atoms with E-state index in [1.165, 1.54) is 5.56 Å². The number of carbonyl (C=O) groups is 2. The Hall–Kier alpha value is -1.36. The molecule has 0 spiro atoms. The summed E-state index contributed by atoms with van der Waals surface area (Å²) in [7, 11) is 0. The van der Waals surface area contributed by atoms with Crippen LogP contribution in [0.2, 0.25) is 0 Å². The van der Waals surface area contributed by atoms with Crippen molar-refractivity contribution in [2.45, 2.75) is 44.4 Å². The number of piperidine rings is 1. The lowest BCUT2D eigenvalue weighted by atomic mass is 9.81. The molecule has 0 aromatic carbocycles. The molecule has 4 nitrogen and oxygen atoms in total. The molecule has 1 saturated heterocycles. The Kier molecular flexibility index (Phi) is 4.81. The Morgan fingerprint density at radius 3 is 2.23 bits per heavy atom. The third kappa shape index (κ3) is 3.35.